The first-order valence-electron chi connectivity index (χ1n) is 12.5. The van der Waals surface area contributed by atoms with Gasteiger partial charge in [0, 0.05) is 82.4 Å². The van der Waals surface area contributed by atoms with Crippen LogP contribution in [-0.4, -0.2) is 89.3 Å². The van der Waals surface area contributed by atoms with Crippen LogP contribution in [0.3, 0.4) is 0 Å². The van der Waals surface area contributed by atoms with Gasteiger partial charge in [-0.1, -0.05) is 17.3 Å². The van der Waals surface area contributed by atoms with Crippen LogP contribution < -0.4 is 9.80 Å². The van der Waals surface area contributed by atoms with E-state index in [0.717, 1.165) is 103 Å². The number of benzene rings is 1. The molecule has 0 radical (unpaired) electrons. The molecule has 188 valence electrons. The quantitative estimate of drug-likeness (QED) is 0.402. The minimum Gasteiger partial charge on any atom is -0.369 e. The molecule has 9 nitrogen and oxygen atoms in total. The standard InChI is InChI=1S/C26H31BrN8O/c1-18-14-20(31-36-18)17-33-8-12-35(13-9-33)24-22(27)16-28-26-23(24)29-25(30-26)19-4-3-5-21(15-19)34-10-6-32(2)7-11-34/h3-5,14-16H,6-13,17H2,1-2H3,(H,28,29,30). The number of hydrogen-bond donors (Lipinski definition) is 1. The maximum Gasteiger partial charge on any atom is 0.180 e. The van der Waals surface area contributed by atoms with Gasteiger partial charge in [0.25, 0.3) is 0 Å². The third-order valence-corrected chi connectivity index (χ3v) is 7.77. The summed E-state index contributed by atoms with van der Waals surface area (Å²) < 4.78 is 6.21. The summed E-state index contributed by atoms with van der Waals surface area (Å²) in [5.41, 5.74) is 6.17. The first-order chi connectivity index (χ1) is 17.5. The highest BCUT2D eigenvalue weighted by atomic mass is 79.9. The minimum absolute atomic E-state index is 0.744. The molecule has 0 amide bonds. The fourth-order valence-corrected chi connectivity index (χ4v) is 5.68. The van der Waals surface area contributed by atoms with Crippen LogP contribution in [0.4, 0.5) is 11.4 Å². The van der Waals surface area contributed by atoms with Crippen LogP contribution in [0.2, 0.25) is 0 Å². The van der Waals surface area contributed by atoms with E-state index in [-0.39, 0.29) is 0 Å². The molecule has 0 spiro atoms. The number of likely N-dealkylation sites (N-methyl/N-ethyl adjacent to an activating group) is 1. The van der Waals surface area contributed by atoms with Gasteiger partial charge in [-0.3, -0.25) is 4.90 Å². The lowest BCUT2D eigenvalue weighted by Crippen LogP contribution is -2.46. The first-order valence-corrected chi connectivity index (χ1v) is 13.3. The second-order valence-electron chi connectivity index (χ2n) is 9.77. The van der Waals surface area contributed by atoms with Gasteiger partial charge in [-0.2, -0.15) is 0 Å². The van der Waals surface area contributed by atoms with Crippen LogP contribution in [0.1, 0.15) is 11.5 Å². The van der Waals surface area contributed by atoms with Gasteiger partial charge >= 0.3 is 0 Å². The highest BCUT2D eigenvalue weighted by Gasteiger charge is 2.24. The van der Waals surface area contributed by atoms with Crippen LogP contribution in [-0.2, 0) is 6.54 Å². The summed E-state index contributed by atoms with van der Waals surface area (Å²) in [6, 6.07) is 10.7. The van der Waals surface area contributed by atoms with Crippen molar-refractivity contribution in [1.82, 2.24) is 29.9 Å². The zero-order valence-corrected chi connectivity index (χ0v) is 22.3. The Kier molecular flexibility index (Phi) is 6.41. The number of imidazole rings is 1. The molecule has 2 aliphatic rings. The second-order valence-corrected chi connectivity index (χ2v) is 10.6. The Morgan fingerprint density at radius 3 is 2.53 bits per heavy atom. The molecule has 36 heavy (non-hydrogen) atoms. The molecule has 0 bridgehead atoms. The fraction of sp³-hybridized carbons (Fsp3) is 0.423. The summed E-state index contributed by atoms with van der Waals surface area (Å²) in [6.07, 6.45) is 1.87. The van der Waals surface area contributed by atoms with Crippen LogP contribution in [0.25, 0.3) is 22.6 Å². The zero-order chi connectivity index (χ0) is 24.6. The average molecular weight is 551 g/mol. The molecule has 0 atom stereocenters. The van der Waals surface area contributed by atoms with Crippen molar-refractivity contribution in [2.75, 3.05) is 69.2 Å². The summed E-state index contributed by atoms with van der Waals surface area (Å²) >= 11 is 3.76. The van der Waals surface area contributed by atoms with Gasteiger partial charge in [-0.05, 0) is 42.0 Å². The Balaban J connectivity index is 1.23. The molecule has 0 saturated carbocycles. The van der Waals surface area contributed by atoms with E-state index in [2.05, 4.69) is 82.0 Å². The van der Waals surface area contributed by atoms with Crippen molar-refractivity contribution in [3.05, 3.63) is 52.5 Å². The maximum absolute atomic E-state index is 5.23. The number of piperazine rings is 2. The van der Waals surface area contributed by atoms with E-state index in [1.54, 1.807) is 0 Å². The van der Waals surface area contributed by atoms with Crippen molar-refractivity contribution in [1.29, 1.82) is 0 Å². The van der Waals surface area contributed by atoms with Gasteiger partial charge in [0.05, 0.1) is 15.9 Å². The average Bonchev–Trinajstić information content (AvgIpc) is 3.51. The van der Waals surface area contributed by atoms with Crippen LogP contribution in [0, 0.1) is 6.92 Å². The predicted molar refractivity (Wildman–Crippen MR) is 145 cm³/mol. The molecular weight excluding hydrogens is 520 g/mol. The third kappa shape index (κ3) is 4.72. The van der Waals surface area contributed by atoms with Gasteiger partial charge in [0.15, 0.2) is 5.65 Å². The number of fused-ring (bicyclic) bond motifs is 1. The molecule has 1 aromatic carbocycles. The Bertz CT molecular complexity index is 1350. The molecule has 2 fully saturated rings. The Morgan fingerprint density at radius 1 is 1.00 bits per heavy atom. The molecule has 2 aliphatic heterocycles. The van der Waals surface area contributed by atoms with Gasteiger partial charge in [0.2, 0.25) is 0 Å². The SMILES string of the molecule is Cc1cc(CN2CCN(c3c(Br)cnc4nc(-c5cccc(N6CCN(C)CC6)c5)[nH]c34)CC2)no1. The van der Waals surface area contributed by atoms with Crippen LogP contribution in [0.15, 0.2) is 45.5 Å². The van der Waals surface area contributed by atoms with E-state index < -0.39 is 0 Å². The summed E-state index contributed by atoms with van der Waals surface area (Å²) in [5.74, 6) is 1.71. The minimum atomic E-state index is 0.744. The van der Waals surface area contributed by atoms with Crippen LogP contribution in [0.5, 0.6) is 0 Å². The third-order valence-electron chi connectivity index (χ3n) is 7.19. The number of H-pyrrole nitrogens is 1. The monoisotopic (exact) mass is 550 g/mol. The largest absolute Gasteiger partial charge is 0.369 e. The van der Waals surface area contributed by atoms with E-state index in [0.29, 0.717) is 0 Å². The fourth-order valence-electron chi connectivity index (χ4n) is 5.13. The number of pyridine rings is 1. The number of rotatable bonds is 5. The number of nitrogens with one attached hydrogen (secondary N) is 1. The van der Waals surface area contributed by atoms with Gasteiger partial charge < -0.3 is 24.2 Å². The number of aromatic nitrogens is 4. The molecule has 5 heterocycles. The van der Waals surface area contributed by atoms with Gasteiger partial charge in [0.1, 0.15) is 17.1 Å². The lowest BCUT2D eigenvalue weighted by molar-refractivity contribution is 0.242. The molecule has 6 rings (SSSR count). The summed E-state index contributed by atoms with van der Waals surface area (Å²) in [5, 5.41) is 4.15. The smallest absolute Gasteiger partial charge is 0.180 e. The van der Waals surface area contributed by atoms with E-state index >= 15 is 0 Å². The maximum atomic E-state index is 5.23. The van der Waals surface area contributed by atoms with Gasteiger partial charge in [-0.25, -0.2) is 9.97 Å². The number of halogens is 1. The van der Waals surface area contributed by atoms with Crippen molar-refractivity contribution in [3.8, 4) is 11.4 Å². The normalized spacial score (nSPS) is 17.9. The van der Waals surface area contributed by atoms with Crippen molar-refractivity contribution in [3.63, 3.8) is 0 Å². The lowest BCUT2D eigenvalue weighted by Gasteiger charge is -2.36. The molecular formula is C26H31BrN8O. The van der Waals surface area contributed by atoms with E-state index in [1.807, 2.05) is 19.2 Å². The van der Waals surface area contributed by atoms with Crippen molar-refractivity contribution in [2.45, 2.75) is 13.5 Å². The van der Waals surface area contributed by atoms with Crippen LogP contribution >= 0.6 is 15.9 Å². The summed E-state index contributed by atoms with van der Waals surface area (Å²) in [7, 11) is 2.18. The molecule has 0 aliphatic carbocycles. The van der Waals surface area contributed by atoms with Crippen molar-refractivity contribution >= 4 is 38.5 Å². The Morgan fingerprint density at radius 2 is 1.78 bits per heavy atom. The highest BCUT2D eigenvalue weighted by molar-refractivity contribution is 9.10. The second kappa shape index (κ2) is 9.84. The highest BCUT2D eigenvalue weighted by Crippen LogP contribution is 2.35. The summed E-state index contributed by atoms with van der Waals surface area (Å²) in [4.78, 5) is 22.8. The zero-order valence-electron chi connectivity index (χ0n) is 20.7. The van der Waals surface area contributed by atoms with Gasteiger partial charge in [-0.15, -0.1) is 0 Å². The van der Waals surface area contributed by atoms with E-state index in [1.165, 1.54) is 5.69 Å². The number of aromatic amines is 1. The molecule has 2 saturated heterocycles. The Labute approximate surface area is 219 Å². The Hall–Kier alpha value is -2.95. The number of nitrogens with zero attached hydrogens (tertiary/aromatic N) is 7. The number of aryl methyl sites for hydroxylation is 1. The van der Waals surface area contributed by atoms with Crippen molar-refractivity contribution in [2.24, 2.45) is 0 Å². The number of hydrogen-bond acceptors (Lipinski definition) is 8. The predicted octanol–water partition coefficient (Wildman–Crippen LogP) is 3.76. The number of anilines is 2. The molecule has 3 aromatic heterocycles. The van der Waals surface area contributed by atoms with E-state index in [9.17, 15) is 0 Å². The lowest BCUT2D eigenvalue weighted by atomic mass is 10.1. The molecule has 4 aromatic rings. The molecule has 0 unspecified atom stereocenters. The molecule has 1 N–H and O–H groups in total. The summed E-state index contributed by atoms with van der Waals surface area (Å²) in [6.45, 7) is 10.7. The van der Waals surface area contributed by atoms with E-state index in [4.69, 9.17) is 9.51 Å². The van der Waals surface area contributed by atoms with Crippen molar-refractivity contribution < 1.29 is 4.52 Å². The first kappa shape index (κ1) is 23.4. The topological polar surface area (TPSA) is 80.6 Å². The molecule has 10 heteroatoms.